The number of benzene rings is 1. The Morgan fingerprint density at radius 3 is 2.15 bits per heavy atom. The monoisotopic (exact) mass is 366 g/mol. The average Bonchev–Trinajstić information content (AvgIpc) is 2.66. The fourth-order valence-corrected chi connectivity index (χ4v) is 2.37. The number of unbranched alkanes of at least 4 members (excludes halogenated alkanes) is 6. The Labute approximate surface area is 155 Å². The Balaban J connectivity index is 2.12. The first-order valence-corrected chi connectivity index (χ1v) is 9.48. The molecule has 0 heterocycles. The zero-order valence-electron chi connectivity index (χ0n) is 15.8. The van der Waals surface area contributed by atoms with E-state index in [9.17, 15) is 9.59 Å². The molecule has 0 radical (unpaired) electrons. The minimum absolute atomic E-state index is 0.251. The predicted octanol–water partition coefficient (Wildman–Crippen LogP) is 5.55. The van der Waals surface area contributed by atoms with Crippen LogP contribution in [0.4, 0.5) is 4.79 Å². The summed E-state index contributed by atoms with van der Waals surface area (Å²) in [6.45, 7) is 4.54. The largest absolute Gasteiger partial charge is 0.543 e. The molecule has 0 unspecified atom stereocenters. The molecule has 6 nitrogen and oxygen atoms in total. The van der Waals surface area contributed by atoms with Crippen molar-refractivity contribution >= 4 is 12.1 Å². The van der Waals surface area contributed by atoms with Crippen molar-refractivity contribution in [3.05, 3.63) is 35.4 Å². The summed E-state index contributed by atoms with van der Waals surface area (Å²) in [5.41, 5.74) is 1.47. The number of hydrogen-bond acceptors (Lipinski definition) is 6. The summed E-state index contributed by atoms with van der Waals surface area (Å²) in [7, 11) is 0. The maximum atomic E-state index is 11.8. The summed E-state index contributed by atoms with van der Waals surface area (Å²) < 4.78 is 4.81. The predicted molar refractivity (Wildman–Crippen MR) is 97.4 cm³/mol. The van der Waals surface area contributed by atoms with Crippen molar-refractivity contribution in [3.63, 3.8) is 0 Å². The molecular formula is C20H30O6. The number of ether oxygens (including phenoxy) is 1. The van der Waals surface area contributed by atoms with Crippen LogP contribution >= 0.6 is 0 Å². The van der Waals surface area contributed by atoms with Crippen LogP contribution in [0.3, 0.4) is 0 Å². The lowest BCUT2D eigenvalue weighted by molar-refractivity contribution is -0.452. The van der Waals surface area contributed by atoms with E-state index in [0.717, 1.165) is 44.1 Å². The second-order valence-corrected chi connectivity index (χ2v) is 6.19. The highest BCUT2D eigenvalue weighted by atomic mass is 17.5. The molecule has 26 heavy (non-hydrogen) atoms. The van der Waals surface area contributed by atoms with Gasteiger partial charge in [-0.3, -0.25) is 4.89 Å². The summed E-state index contributed by atoms with van der Waals surface area (Å²) in [5, 5.41) is 4.19. The van der Waals surface area contributed by atoms with Crippen LogP contribution in [0.5, 0.6) is 0 Å². The van der Waals surface area contributed by atoms with Gasteiger partial charge in [0.05, 0.1) is 17.2 Å². The molecule has 0 aliphatic carbocycles. The van der Waals surface area contributed by atoms with E-state index in [1.165, 1.54) is 19.3 Å². The molecule has 0 bridgehead atoms. The molecule has 6 heteroatoms. The third kappa shape index (κ3) is 10.0. The van der Waals surface area contributed by atoms with Crippen LogP contribution in [-0.2, 0) is 26.0 Å². The molecule has 0 aliphatic heterocycles. The number of aryl methyl sites for hydroxylation is 1. The van der Waals surface area contributed by atoms with Gasteiger partial charge in [0.2, 0.25) is 0 Å². The summed E-state index contributed by atoms with van der Waals surface area (Å²) >= 11 is 0. The van der Waals surface area contributed by atoms with Crippen LogP contribution in [0.1, 0.15) is 81.1 Å². The summed E-state index contributed by atoms with van der Waals surface area (Å²) in [6.07, 6.45) is 8.66. The molecular weight excluding hydrogens is 336 g/mol. The van der Waals surface area contributed by atoms with Gasteiger partial charge in [0.1, 0.15) is 0 Å². The minimum atomic E-state index is -1.03. The Morgan fingerprint density at radius 2 is 1.46 bits per heavy atom. The third-order valence-corrected chi connectivity index (χ3v) is 3.94. The summed E-state index contributed by atoms with van der Waals surface area (Å²) in [6, 6.07) is 7.02. The van der Waals surface area contributed by atoms with Crippen LogP contribution in [0, 0.1) is 0 Å². The number of carbonyl (C=O) groups excluding carboxylic acids is 2. The van der Waals surface area contributed by atoms with Crippen molar-refractivity contribution in [1.82, 2.24) is 0 Å². The topological polar surface area (TPSA) is 71.1 Å². The Morgan fingerprint density at radius 1 is 0.808 bits per heavy atom. The van der Waals surface area contributed by atoms with Crippen LogP contribution in [0.25, 0.3) is 0 Å². The molecule has 0 N–H and O–H groups in total. The highest BCUT2D eigenvalue weighted by molar-refractivity contribution is 5.88. The highest BCUT2D eigenvalue weighted by Crippen LogP contribution is 2.09. The van der Waals surface area contributed by atoms with E-state index < -0.39 is 12.1 Å². The smallest absolute Gasteiger partial charge is 0.432 e. The fourth-order valence-electron chi connectivity index (χ4n) is 2.37. The fraction of sp³-hybridized carbons (Fsp3) is 0.600. The molecule has 1 aromatic rings. The van der Waals surface area contributed by atoms with Crippen molar-refractivity contribution in [2.24, 2.45) is 0 Å². The highest BCUT2D eigenvalue weighted by Gasteiger charge is 2.12. The van der Waals surface area contributed by atoms with Crippen LogP contribution < -0.4 is 0 Å². The molecule has 0 saturated heterocycles. The molecule has 0 fully saturated rings. The van der Waals surface area contributed by atoms with E-state index in [-0.39, 0.29) is 6.61 Å². The zero-order chi connectivity index (χ0) is 19.0. The molecule has 0 saturated carbocycles. The van der Waals surface area contributed by atoms with Gasteiger partial charge in [0.25, 0.3) is 0 Å². The van der Waals surface area contributed by atoms with Crippen LogP contribution in [0.2, 0.25) is 0 Å². The molecule has 0 amide bonds. The molecule has 0 atom stereocenters. The molecule has 0 aromatic heterocycles. The van der Waals surface area contributed by atoms with Gasteiger partial charge in [-0.05, 0) is 37.0 Å². The SMILES string of the molecule is CCCCCCCCOC(=O)OOOC(=O)c1ccc(CCCC)cc1. The van der Waals surface area contributed by atoms with Crippen LogP contribution in [0.15, 0.2) is 24.3 Å². The third-order valence-electron chi connectivity index (χ3n) is 3.94. The van der Waals surface area contributed by atoms with E-state index in [1.54, 1.807) is 12.1 Å². The molecule has 0 spiro atoms. The van der Waals surface area contributed by atoms with Crippen molar-refractivity contribution in [2.75, 3.05) is 6.61 Å². The second kappa shape index (κ2) is 14.1. The first-order chi connectivity index (χ1) is 12.7. The van der Waals surface area contributed by atoms with E-state index >= 15 is 0 Å². The molecule has 146 valence electrons. The van der Waals surface area contributed by atoms with Gasteiger partial charge < -0.3 is 4.74 Å². The van der Waals surface area contributed by atoms with Crippen molar-refractivity contribution < 1.29 is 29.1 Å². The number of carbonyl (C=O) groups is 2. The molecule has 1 aromatic carbocycles. The van der Waals surface area contributed by atoms with Crippen LogP contribution in [-0.4, -0.2) is 18.7 Å². The standard InChI is InChI=1S/C20H30O6/c1-3-5-7-8-9-10-16-23-20(22)25-26-24-19(21)18-14-12-17(13-15-18)11-6-4-2/h12-15H,3-11,16H2,1-2H3. The van der Waals surface area contributed by atoms with Gasteiger partial charge in [-0.2, -0.15) is 0 Å². The zero-order valence-corrected chi connectivity index (χ0v) is 15.8. The van der Waals surface area contributed by atoms with E-state index in [4.69, 9.17) is 4.74 Å². The molecule has 1 rings (SSSR count). The Hall–Kier alpha value is -2.08. The summed E-state index contributed by atoms with van der Waals surface area (Å²) in [5.74, 6) is -0.740. The van der Waals surface area contributed by atoms with Crippen molar-refractivity contribution in [3.8, 4) is 0 Å². The van der Waals surface area contributed by atoms with E-state index in [2.05, 4.69) is 28.7 Å². The lowest BCUT2D eigenvalue weighted by Crippen LogP contribution is -2.12. The second-order valence-electron chi connectivity index (χ2n) is 6.19. The van der Waals surface area contributed by atoms with Gasteiger partial charge in [0.15, 0.2) is 0 Å². The Kier molecular flexibility index (Phi) is 11.9. The lowest BCUT2D eigenvalue weighted by atomic mass is 10.1. The van der Waals surface area contributed by atoms with Gasteiger partial charge >= 0.3 is 12.1 Å². The van der Waals surface area contributed by atoms with Gasteiger partial charge in [-0.1, -0.05) is 64.5 Å². The average molecular weight is 366 g/mol. The lowest BCUT2D eigenvalue weighted by Gasteiger charge is -2.05. The Bertz CT molecular complexity index is 512. The number of hydrogen-bond donors (Lipinski definition) is 0. The van der Waals surface area contributed by atoms with Gasteiger partial charge in [0, 0.05) is 0 Å². The van der Waals surface area contributed by atoms with E-state index in [0.29, 0.717) is 5.56 Å². The van der Waals surface area contributed by atoms with Gasteiger partial charge in [-0.15, -0.1) is 0 Å². The van der Waals surface area contributed by atoms with Gasteiger partial charge in [-0.25, -0.2) is 14.5 Å². The maximum Gasteiger partial charge on any atom is 0.543 e. The molecule has 0 aliphatic rings. The normalized spacial score (nSPS) is 10.4. The first kappa shape index (κ1) is 22.0. The summed E-state index contributed by atoms with van der Waals surface area (Å²) in [4.78, 5) is 31.7. The van der Waals surface area contributed by atoms with Crippen molar-refractivity contribution in [2.45, 2.75) is 71.6 Å². The van der Waals surface area contributed by atoms with E-state index in [1.807, 2.05) is 12.1 Å². The first-order valence-electron chi connectivity index (χ1n) is 9.48. The quantitative estimate of drug-likeness (QED) is 0.197. The minimum Gasteiger partial charge on any atom is -0.432 e. The maximum absolute atomic E-state index is 11.8. The number of rotatable bonds is 13. The van der Waals surface area contributed by atoms with Crippen molar-refractivity contribution in [1.29, 1.82) is 0 Å².